The number of hydrogen-bond acceptors (Lipinski definition) is 9. The van der Waals surface area contributed by atoms with Crippen molar-refractivity contribution in [1.82, 2.24) is 19.9 Å². The topological polar surface area (TPSA) is 98.8 Å². The highest BCUT2D eigenvalue weighted by molar-refractivity contribution is 7.99. The van der Waals surface area contributed by atoms with Gasteiger partial charge in [-0.15, -0.1) is 0 Å². The molecule has 3 rings (SSSR count). The van der Waals surface area contributed by atoms with Crippen LogP contribution >= 0.6 is 32.1 Å². The summed E-state index contributed by atoms with van der Waals surface area (Å²) in [6, 6.07) is 5.85. The van der Waals surface area contributed by atoms with E-state index in [0.717, 1.165) is 15.5 Å². The van der Waals surface area contributed by atoms with Crippen molar-refractivity contribution < 1.29 is 4.52 Å². The molecule has 3 heterocycles. The summed E-state index contributed by atoms with van der Waals surface area (Å²) in [7, 11) is 0.161. The number of nitrogen functional groups attached to an aromatic ring is 1. The number of rotatable bonds is 7. The van der Waals surface area contributed by atoms with E-state index in [9.17, 15) is 0 Å². The van der Waals surface area contributed by atoms with Gasteiger partial charge in [-0.2, -0.15) is 4.98 Å². The van der Waals surface area contributed by atoms with Crippen LogP contribution in [-0.2, 0) is 4.52 Å². The van der Waals surface area contributed by atoms with Crippen LogP contribution in [-0.4, -0.2) is 26.5 Å². The second-order valence-electron chi connectivity index (χ2n) is 4.74. The number of thiazole rings is 1. The largest absolute Gasteiger partial charge is 0.382 e. The van der Waals surface area contributed by atoms with Crippen molar-refractivity contribution in [2.24, 2.45) is 0 Å². The van der Waals surface area contributed by atoms with Crippen LogP contribution in [0.25, 0.3) is 10.3 Å². The monoisotopic (exact) mass is 380 g/mol. The van der Waals surface area contributed by atoms with Crippen LogP contribution in [0.4, 0.5) is 10.9 Å². The summed E-state index contributed by atoms with van der Waals surface area (Å²) in [6.45, 7) is 4.67. The van der Waals surface area contributed by atoms with E-state index in [1.54, 1.807) is 6.20 Å². The lowest BCUT2D eigenvalue weighted by atomic mass is 10.3. The third-order valence-electron chi connectivity index (χ3n) is 3.02. The smallest absolute Gasteiger partial charge is 0.192 e. The van der Waals surface area contributed by atoms with Crippen LogP contribution in [0, 0.1) is 0 Å². The Morgan fingerprint density at radius 3 is 3.00 bits per heavy atom. The van der Waals surface area contributed by atoms with Crippen molar-refractivity contribution in [3.8, 4) is 0 Å². The van der Waals surface area contributed by atoms with Crippen LogP contribution in [0.15, 0.2) is 29.6 Å². The maximum absolute atomic E-state index is 6.07. The second kappa shape index (κ2) is 8.02. The Kier molecular flexibility index (Phi) is 5.78. The molecule has 0 fully saturated rings. The third kappa shape index (κ3) is 4.10. The SMILES string of the molecule is CCOPNc1nc2nc(SC(C)c3ccccn3)nc(N)c2s1. The van der Waals surface area contributed by atoms with Crippen molar-refractivity contribution in [3.63, 3.8) is 0 Å². The van der Waals surface area contributed by atoms with Gasteiger partial charge in [0.05, 0.1) is 10.9 Å². The van der Waals surface area contributed by atoms with Gasteiger partial charge in [0, 0.05) is 12.8 Å². The lowest BCUT2D eigenvalue weighted by Gasteiger charge is -2.09. The molecule has 3 aromatic rings. The molecule has 0 saturated heterocycles. The zero-order chi connectivity index (χ0) is 16.9. The van der Waals surface area contributed by atoms with Crippen LogP contribution in [0.5, 0.6) is 0 Å². The minimum Gasteiger partial charge on any atom is -0.382 e. The third-order valence-corrected chi connectivity index (χ3v) is 5.94. The van der Waals surface area contributed by atoms with Crippen LogP contribution in [0.1, 0.15) is 24.8 Å². The Labute approximate surface area is 149 Å². The van der Waals surface area contributed by atoms with Crippen molar-refractivity contribution in [1.29, 1.82) is 0 Å². The number of aromatic nitrogens is 4. The lowest BCUT2D eigenvalue weighted by molar-refractivity contribution is 0.392. The molecule has 24 heavy (non-hydrogen) atoms. The Morgan fingerprint density at radius 2 is 2.25 bits per heavy atom. The van der Waals surface area contributed by atoms with Gasteiger partial charge in [-0.1, -0.05) is 29.2 Å². The first-order valence-corrected chi connectivity index (χ1v) is 9.92. The maximum Gasteiger partial charge on any atom is 0.192 e. The molecule has 0 saturated carbocycles. The van der Waals surface area contributed by atoms with Crippen LogP contribution in [0.2, 0.25) is 0 Å². The van der Waals surface area contributed by atoms with E-state index in [4.69, 9.17) is 10.3 Å². The number of nitrogens with zero attached hydrogens (tertiary/aromatic N) is 4. The van der Waals surface area contributed by atoms with Gasteiger partial charge in [0.1, 0.15) is 19.5 Å². The molecule has 0 aliphatic heterocycles. The van der Waals surface area contributed by atoms with Crippen molar-refractivity contribution in [2.75, 3.05) is 17.4 Å². The first-order chi connectivity index (χ1) is 11.7. The van der Waals surface area contributed by atoms with Gasteiger partial charge in [0.15, 0.2) is 15.9 Å². The molecule has 0 aromatic carbocycles. The highest BCUT2D eigenvalue weighted by Gasteiger charge is 2.15. The molecule has 3 aromatic heterocycles. The predicted octanol–water partition coefficient (Wildman–Crippen LogP) is 3.87. The Bertz CT molecular complexity index is 816. The van der Waals surface area contributed by atoms with E-state index < -0.39 is 0 Å². The fraction of sp³-hybridized carbons (Fsp3) is 0.286. The summed E-state index contributed by atoms with van der Waals surface area (Å²) >= 11 is 2.94. The predicted molar refractivity (Wildman–Crippen MR) is 102 cm³/mol. The van der Waals surface area contributed by atoms with Crippen molar-refractivity contribution >= 4 is 53.4 Å². The normalized spacial score (nSPS) is 12.9. The number of hydrogen-bond donors (Lipinski definition) is 2. The Hall–Kier alpha value is -1.54. The molecule has 0 amide bonds. The summed E-state index contributed by atoms with van der Waals surface area (Å²) < 4.78 is 6.08. The molecular weight excluding hydrogens is 363 g/mol. The zero-order valence-corrected chi connectivity index (χ0v) is 15.8. The van der Waals surface area contributed by atoms with Crippen LogP contribution < -0.4 is 10.8 Å². The molecule has 0 aliphatic carbocycles. The molecule has 0 spiro atoms. The van der Waals surface area contributed by atoms with Gasteiger partial charge in [-0.05, 0) is 26.0 Å². The van der Waals surface area contributed by atoms with E-state index >= 15 is 0 Å². The number of pyridine rings is 1. The van der Waals surface area contributed by atoms with E-state index in [0.29, 0.717) is 23.2 Å². The molecule has 2 unspecified atom stereocenters. The van der Waals surface area contributed by atoms with Gasteiger partial charge in [0.2, 0.25) is 0 Å². The summed E-state index contributed by atoms with van der Waals surface area (Å²) in [6.07, 6.45) is 1.78. The average molecular weight is 380 g/mol. The molecule has 7 nitrogen and oxygen atoms in total. The first kappa shape index (κ1) is 17.3. The van der Waals surface area contributed by atoms with E-state index in [-0.39, 0.29) is 14.2 Å². The number of thioether (sulfide) groups is 1. The van der Waals surface area contributed by atoms with Crippen molar-refractivity contribution in [3.05, 3.63) is 30.1 Å². The number of anilines is 2. The van der Waals surface area contributed by atoms with Crippen molar-refractivity contribution in [2.45, 2.75) is 24.3 Å². The quantitative estimate of drug-likeness (QED) is 0.276. The van der Waals surface area contributed by atoms with Crippen LogP contribution in [0.3, 0.4) is 0 Å². The highest BCUT2D eigenvalue weighted by Crippen LogP contribution is 2.36. The second-order valence-corrected chi connectivity index (χ2v) is 7.79. The Morgan fingerprint density at radius 1 is 1.38 bits per heavy atom. The number of nitrogens with two attached hydrogens (primary N) is 1. The highest BCUT2D eigenvalue weighted by atomic mass is 32.2. The first-order valence-electron chi connectivity index (χ1n) is 7.31. The average Bonchev–Trinajstić information content (AvgIpc) is 2.99. The minimum absolute atomic E-state index is 0.124. The van der Waals surface area contributed by atoms with Gasteiger partial charge in [-0.25, -0.2) is 9.97 Å². The fourth-order valence-electron chi connectivity index (χ4n) is 1.92. The molecule has 3 N–H and O–H groups in total. The molecule has 0 bridgehead atoms. The summed E-state index contributed by atoms with van der Waals surface area (Å²) in [4.78, 5) is 17.7. The molecule has 2 atom stereocenters. The standard InChI is InChI=1S/C14H17N6OPS2/c1-3-21-22-20-14-19-12-10(24-14)11(15)17-13(18-12)23-8(2)9-6-4-5-7-16-9/h4-8,22H,3H2,1-2H3,(H3,15,17,18,19,20). The molecular formula is C14H17N6OPS2. The van der Waals surface area contributed by atoms with E-state index in [1.807, 2.05) is 25.1 Å². The summed E-state index contributed by atoms with van der Waals surface area (Å²) in [5.74, 6) is 0.445. The maximum atomic E-state index is 6.07. The summed E-state index contributed by atoms with van der Waals surface area (Å²) in [5.41, 5.74) is 7.65. The molecule has 10 heteroatoms. The van der Waals surface area contributed by atoms with Gasteiger partial charge in [-0.3, -0.25) is 4.98 Å². The molecule has 126 valence electrons. The fourth-order valence-corrected chi connectivity index (χ4v) is 4.13. The lowest BCUT2D eigenvalue weighted by Crippen LogP contribution is -1.98. The summed E-state index contributed by atoms with van der Waals surface area (Å²) in [5, 5.41) is 4.58. The van der Waals surface area contributed by atoms with Gasteiger partial charge in [0.25, 0.3) is 0 Å². The molecule has 0 radical (unpaired) electrons. The van der Waals surface area contributed by atoms with Gasteiger partial charge >= 0.3 is 0 Å². The minimum atomic E-state index is 0.124. The van der Waals surface area contributed by atoms with E-state index in [1.165, 1.54) is 23.1 Å². The number of nitrogens with one attached hydrogen (secondary N) is 1. The molecule has 0 aliphatic rings. The number of fused-ring (bicyclic) bond motifs is 1. The van der Waals surface area contributed by atoms with E-state index in [2.05, 4.69) is 31.9 Å². The van der Waals surface area contributed by atoms with Gasteiger partial charge < -0.3 is 15.3 Å². The Balaban J connectivity index is 1.79. The zero-order valence-electron chi connectivity index (χ0n) is 13.2.